The molecule has 0 aliphatic heterocycles. The minimum atomic E-state index is 0.255. The lowest BCUT2D eigenvalue weighted by Gasteiger charge is -2.60. The van der Waals surface area contributed by atoms with Gasteiger partial charge in [0.25, 0.3) is 0 Å². The van der Waals surface area contributed by atoms with Crippen LogP contribution in [0.4, 0.5) is 0 Å². The average Bonchev–Trinajstić information content (AvgIpc) is 1.81. The molecular formula is C10H20S. The molecule has 0 nitrogen and oxygen atoms in total. The third-order valence-corrected chi connectivity index (χ3v) is 4.67. The van der Waals surface area contributed by atoms with Gasteiger partial charge in [0.2, 0.25) is 0 Å². The molecule has 0 spiro atoms. The fourth-order valence-electron chi connectivity index (χ4n) is 2.04. The summed E-state index contributed by atoms with van der Waals surface area (Å²) in [6, 6.07) is 0. The monoisotopic (exact) mass is 172 g/mol. The first-order valence-corrected chi connectivity index (χ1v) is 4.88. The highest BCUT2D eigenvalue weighted by atomic mass is 32.1. The van der Waals surface area contributed by atoms with Crippen molar-refractivity contribution in [2.24, 2.45) is 10.8 Å². The molecule has 1 aliphatic carbocycles. The zero-order valence-electron chi connectivity index (χ0n) is 8.36. The van der Waals surface area contributed by atoms with Crippen molar-refractivity contribution in [3.63, 3.8) is 0 Å². The third kappa shape index (κ3) is 1.12. The second-order valence-corrected chi connectivity index (χ2v) is 6.34. The number of thiol groups is 1. The first-order chi connectivity index (χ1) is 4.71. The van der Waals surface area contributed by atoms with Crippen LogP contribution in [0.5, 0.6) is 0 Å². The van der Waals surface area contributed by atoms with Crippen molar-refractivity contribution in [2.45, 2.75) is 52.2 Å². The normalized spacial score (nSPS) is 45.3. The fraction of sp³-hybridized carbons (Fsp3) is 1.00. The molecule has 66 valence electrons. The highest BCUT2D eigenvalue weighted by Gasteiger charge is 2.56. The van der Waals surface area contributed by atoms with Gasteiger partial charge < -0.3 is 0 Å². The maximum Gasteiger partial charge on any atom is 0.0160 e. The van der Waals surface area contributed by atoms with Gasteiger partial charge in [-0.3, -0.25) is 0 Å². The highest BCUT2D eigenvalue weighted by molar-refractivity contribution is 7.81. The molecule has 0 bridgehead atoms. The van der Waals surface area contributed by atoms with Crippen molar-refractivity contribution < 1.29 is 0 Å². The van der Waals surface area contributed by atoms with Crippen molar-refractivity contribution >= 4 is 12.6 Å². The van der Waals surface area contributed by atoms with Crippen LogP contribution in [0, 0.1) is 10.8 Å². The van der Waals surface area contributed by atoms with Crippen LogP contribution in [-0.2, 0) is 0 Å². The summed E-state index contributed by atoms with van der Waals surface area (Å²) in [5.74, 6) is 0. The summed E-state index contributed by atoms with van der Waals surface area (Å²) in [6.07, 6.45) is 2.60. The van der Waals surface area contributed by atoms with Gasteiger partial charge in [0.1, 0.15) is 0 Å². The molecule has 0 heterocycles. The van der Waals surface area contributed by atoms with E-state index in [1.165, 1.54) is 12.8 Å². The van der Waals surface area contributed by atoms with E-state index in [-0.39, 0.29) is 4.75 Å². The van der Waals surface area contributed by atoms with E-state index in [1.807, 2.05) is 0 Å². The van der Waals surface area contributed by atoms with Gasteiger partial charge in [-0.1, -0.05) is 34.6 Å². The smallest absolute Gasteiger partial charge is 0.0160 e. The summed E-state index contributed by atoms with van der Waals surface area (Å²) < 4.78 is 0.255. The predicted molar refractivity (Wildman–Crippen MR) is 54.2 cm³/mol. The number of rotatable bonds is 0. The Bertz CT molecular complexity index is 152. The molecule has 2 unspecified atom stereocenters. The Kier molecular flexibility index (Phi) is 1.87. The van der Waals surface area contributed by atoms with E-state index in [4.69, 9.17) is 12.6 Å². The lowest BCUT2D eigenvalue weighted by atomic mass is 9.50. The summed E-state index contributed by atoms with van der Waals surface area (Å²) in [6.45, 7) is 11.6. The first-order valence-electron chi connectivity index (χ1n) is 4.43. The van der Waals surface area contributed by atoms with Gasteiger partial charge in [0.15, 0.2) is 0 Å². The zero-order valence-corrected chi connectivity index (χ0v) is 9.26. The van der Waals surface area contributed by atoms with Crippen LogP contribution in [0.1, 0.15) is 47.5 Å². The van der Waals surface area contributed by atoms with Crippen LogP contribution in [-0.4, -0.2) is 4.75 Å². The Hall–Kier alpha value is 0.350. The minimum Gasteiger partial charge on any atom is -0.172 e. The predicted octanol–water partition coefficient (Wildman–Crippen LogP) is 3.52. The average molecular weight is 172 g/mol. The molecule has 0 radical (unpaired) electrons. The van der Waals surface area contributed by atoms with Crippen LogP contribution in [0.2, 0.25) is 0 Å². The lowest BCUT2D eigenvalue weighted by molar-refractivity contribution is -0.0208. The highest BCUT2D eigenvalue weighted by Crippen LogP contribution is 2.62. The second-order valence-electron chi connectivity index (χ2n) is 5.36. The molecule has 1 aliphatic rings. The van der Waals surface area contributed by atoms with E-state index in [9.17, 15) is 0 Å². The van der Waals surface area contributed by atoms with Crippen molar-refractivity contribution in [3.05, 3.63) is 0 Å². The molecule has 0 saturated heterocycles. The standard InChI is InChI=1S/C10H20S/c1-8(2,3)9(4)6-7-10(9,5)11/h11H,6-7H2,1-5H3. The van der Waals surface area contributed by atoms with Crippen molar-refractivity contribution in [1.82, 2.24) is 0 Å². The zero-order chi connectivity index (χ0) is 8.91. The third-order valence-electron chi connectivity index (χ3n) is 3.96. The van der Waals surface area contributed by atoms with E-state index < -0.39 is 0 Å². The van der Waals surface area contributed by atoms with Gasteiger partial charge in [-0.15, -0.1) is 0 Å². The van der Waals surface area contributed by atoms with E-state index in [1.54, 1.807) is 0 Å². The lowest BCUT2D eigenvalue weighted by Crippen LogP contribution is -2.56. The molecule has 2 atom stereocenters. The summed E-state index contributed by atoms with van der Waals surface area (Å²) in [5, 5.41) is 0. The molecule has 1 heteroatoms. The molecule has 1 fully saturated rings. The Morgan fingerprint density at radius 3 is 1.55 bits per heavy atom. The molecule has 1 rings (SSSR count). The molecule has 0 amide bonds. The van der Waals surface area contributed by atoms with Gasteiger partial charge in [-0.05, 0) is 23.7 Å². The fourth-order valence-corrected chi connectivity index (χ4v) is 2.60. The molecule has 0 aromatic rings. The Morgan fingerprint density at radius 1 is 1.09 bits per heavy atom. The van der Waals surface area contributed by atoms with Gasteiger partial charge in [0.05, 0.1) is 0 Å². The van der Waals surface area contributed by atoms with Crippen LogP contribution in [0.15, 0.2) is 0 Å². The van der Waals surface area contributed by atoms with Crippen LogP contribution in [0.25, 0.3) is 0 Å². The quantitative estimate of drug-likeness (QED) is 0.531. The van der Waals surface area contributed by atoms with E-state index >= 15 is 0 Å². The summed E-state index contributed by atoms with van der Waals surface area (Å²) in [7, 11) is 0. The van der Waals surface area contributed by atoms with Gasteiger partial charge in [-0.2, -0.15) is 12.6 Å². The molecule has 1 saturated carbocycles. The first kappa shape index (κ1) is 9.44. The number of hydrogen-bond acceptors (Lipinski definition) is 1. The van der Waals surface area contributed by atoms with E-state index in [2.05, 4.69) is 34.6 Å². The van der Waals surface area contributed by atoms with E-state index in [0.717, 1.165) is 0 Å². The van der Waals surface area contributed by atoms with Crippen LogP contribution in [0.3, 0.4) is 0 Å². The van der Waals surface area contributed by atoms with Gasteiger partial charge in [-0.25, -0.2) is 0 Å². The molecule has 0 N–H and O–H groups in total. The Balaban J connectivity index is 2.86. The molecular weight excluding hydrogens is 152 g/mol. The van der Waals surface area contributed by atoms with Crippen molar-refractivity contribution in [3.8, 4) is 0 Å². The molecule has 0 aromatic heterocycles. The topological polar surface area (TPSA) is 0 Å². The van der Waals surface area contributed by atoms with Crippen molar-refractivity contribution in [2.75, 3.05) is 0 Å². The Labute approximate surface area is 76.2 Å². The van der Waals surface area contributed by atoms with Crippen molar-refractivity contribution in [1.29, 1.82) is 0 Å². The summed E-state index contributed by atoms with van der Waals surface area (Å²) in [4.78, 5) is 0. The SMILES string of the molecule is CC(C)(C)C1(C)CCC1(C)S. The maximum absolute atomic E-state index is 4.72. The molecule has 0 aromatic carbocycles. The van der Waals surface area contributed by atoms with Crippen LogP contribution >= 0.6 is 12.6 Å². The van der Waals surface area contributed by atoms with E-state index in [0.29, 0.717) is 10.8 Å². The number of hydrogen-bond donors (Lipinski definition) is 1. The summed E-state index contributed by atoms with van der Waals surface area (Å²) >= 11 is 4.72. The van der Waals surface area contributed by atoms with Gasteiger partial charge in [0, 0.05) is 4.75 Å². The summed E-state index contributed by atoms with van der Waals surface area (Å²) in [5.41, 5.74) is 0.810. The van der Waals surface area contributed by atoms with Crippen LogP contribution < -0.4 is 0 Å². The van der Waals surface area contributed by atoms with Gasteiger partial charge >= 0.3 is 0 Å². The second kappa shape index (κ2) is 2.18. The maximum atomic E-state index is 4.72. The minimum absolute atomic E-state index is 0.255. The molecule has 11 heavy (non-hydrogen) atoms. The largest absolute Gasteiger partial charge is 0.172 e. The Morgan fingerprint density at radius 2 is 1.55 bits per heavy atom.